The largest absolute Gasteiger partial charge is 0.369 e. The highest BCUT2D eigenvalue weighted by Crippen LogP contribution is 2.08. The molecule has 1 N–H and O–H groups in total. The molecule has 18 heavy (non-hydrogen) atoms. The van der Waals surface area contributed by atoms with Crippen LogP contribution in [0.4, 0.5) is 5.82 Å². The molecule has 2 aromatic rings. The van der Waals surface area contributed by atoms with Gasteiger partial charge in [0.25, 0.3) is 5.56 Å². The number of nitrogens with one attached hydrogen (secondary N) is 1. The van der Waals surface area contributed by atoms with Crippen molar-refractivity contribution in [3.05, 3.63) is 40.3 Å². The van der Waals surface area contributed by atoms with Crippen LogP contribution >= 0.6 is 0 Å². The maximum atomic E-state index is 12.1. The van der Waals surface area contributed by atoms with Crippen LogP contribution in [0.5, 0.6) is 0 Å². The van der Waals surface area contributed by atoms with Crippen LogP contribution in [0.15, 0.2) is 29.2 Å². The first-order chi connectivity index (χ1) is 8.77. The third kappa shape index (κ3) is 2.25. The number of anilines is 1. The molecule has 0 radical (unpaired) electrons. The van der Waals surface area contributed by atoms with Crippen molar-refractivity contribution in [3.8, 4) is 0 Å². The van der Waals surface area contributed by atoms with Crippen LogP contribution in [0.3, 0.4) is 0 Å². The molecule has 0 saturated heterocycles. The first kappa shape index (κ1) is 12.3. The quantitative estimate of drug-likeness (QED) is 0.643. The van der Waals surface area contributed by atoms with E-state index in [2.05, 4.69) is 17.2 Å². The Kier molecular flexibility index (Phi) is 3.72. The summed E-state index contributed by atoms with van der Waals surface area (Å²) >= 11 is 0. The van der Waals surface area contributed by atoms with Gasteiger partial charge in [0, 0.05) is 12.7 Å². The summed E-state index contributed by atoms with van der Waals surface area (Å²) in [6.45, 7) is 2.78. The summed E-state index contributed by atoms with van der Waals surface area (Å²) < 4.78 is 1.37. The van der Waals surface area contributed by atoms with Crippen molar-refractivity contribution in [1.82, 2.24) is 9.38 Å². The van der Waals surface area contributed by atoms with Crippen LogP contribution in [0.25, 0.3) is 5.65 Å². The summed E-state index contributed by atoms with van der Waals surface area (Å²) in [5.41, 5.74) is 0.275. The Balaban J connectivity index is 2.51. The van der Waals surface area contributed by atoms with Crippen LogP contribution < -0.4 is 10.9 Å². The first-order valence-electron chi connectivity index (χ1n) is 5.98. The summed E-state index contributed by atoms with van der Waals surface area (Å²) in [5, 5.41) is 3.04. The fourth-order valence-electron chi connectivity index (χ4n) is 1.73. The Morgan fingerprint density at radius 2 is 2.28 bits per heavy atom. The molecule has 94 valence electrons. The number of carbonyl (C=O) groups excluding carboxylic acids is 1. The highest BCUT2D eigenvalue weighted by molar-refractivity contribution is 5.82. The standard InChI is InChI=1S/C13H15N3O2/c1-2-3-7-14-12-10(9-17)13(18)16-8-5-4-6-11(16)15-12/h4-6,8-9,14H,2-3,7H2,1H3. The van der Waals surface area contributed by atoms with E-state index in [-0.39, 0.29) is 11.1 Å². The van der Waals surface area contributed by atoms with Crippen molar-refractivity contribution in [1.29, 1.82) is 0 Å². The van der Waals surface area contributed by atoms with Crippen LogP contribution in [-0.4, -0.2) is 22.2 Å². The molecule has 0 spiro atoms. The van der Waals surface area contributed by atoms with Crippen molar-refractivity contribution in [2.45, 2.75) is 19.8 Å². The summed E-state index contributed by atoms with van der Waals surface area (Å²) in [4.78, 5) is 27.4. The lowest BCUT2D eigenvalue weighted by Gasteiger charge is -2.08. The van der Waals surface area contributed by atoms with Gasteiger partial charge in [-0.3, -0.25) is 14.0 Å². The molecule has 0 bridgehead atoms. The third-order valence-electron chi connectivity index (χ3n) is 2.71. The maximum absolute atomic E-state index is 12.1. The molecule has 2 rings (SSSR count). The molecule has 0 atom stereocenters. The normalized spacial score (nSPS) is 10.5. The molecular weight excluding hydrogens is 230 g/mol. The van der Waals surface area contributed by atoms with E-state index in [0.29, 0.717) is 24.3 Å². The van der Waals surface area contributed by atoms with E-state index in [1.807, 2.05) is 0 Å². The number of unbranched alkanes of at least 4 members (excludes halogenated alkanes) is 1. The van der Waals surface area contributed by atoms with Gasteiger partial charge in [-0.05, 0) is 18.6 Å². The molecular formula is C13H15N3O2. The summed E-state index contributed by atoms with van der Waals surface area (Å²) in [6.07, 6.45) is 4.17. The lowest BCUT2D eigenvalue weighted by Crippen LogP contribution is -2.22. The van der Waals surface area contributed by atoms with Gasteiger partial charge in [-0.25, -0.2) is 4.98 Å². The van der Waals surface area contributed by atoms with Gasteiger partial charge in [-0.15, -0.1) is 0 Å². The second-order valence-corrected chi connectivity index (χ2v) is 4.01. The van der Waals surface area contributed by atoms with Crippen molar-refractivity contribution in [2.24, 2.45) is 0 Å². The Bertz CT molecular complexity index is 619. The van der Waals surface area contributed by atoms with E-state index >= 15 is 0 Å². The number of aromatic nitrogens is 2. The second kappa shape index (κ2) is 5.44. The van der Waals surface area contributed by atoms with Gasteiger partial charge < -0.3 is 5.32 Å². The SMILES string of the molecule is CCCCNc1nc2ccccn2c(=O)c1C=O. The number of nitrogens with zero attached hydrogens (tertiary/aromatic N) is 2. The van der Waals surface area contributed by atoms with Crippen molar-refractivity contribution in [3.63, 3.8) is 0 Å². The van der Waals surface area contributed by atoms with Gasteiger partial charge >= 0.3 is 0 Å². The number of fused-ring (bicyclic) bond motifs is 1. The number of pyridine rings is 1. The predicted molar refractivity (Wildman–Crippen MR) is 70.2 cm³/mol. The van der Waals surface area contributed by atoms with E-state index in [9.17, 15) is 9.59 Å². The minimum atomic E-state index is -0.338. The minimum Gasteiger partial charge on any atom is -0.369 e. The molecule has 5 nitrogen and oxygen atoms in total. The number of aldehydes is 1. The first-order valence-corrected chi connectivity index (χ1v) is 5.98. The van der Waals surface area contributed by atoms with Gasteiger partial charge in [0.15, 0.2) is 6.29 Å². The molecule has 2 heterocycles. The molecule has 0 aliphatic rings. The van der Waals surface area contributed by atoms with E-state index in [1.165, 1.54) is 4.40 Å². The molecule has 0 fully saturated rings. The molecule has 5 heteroatoms. The van der Waals surface area contributed by atoms with Crippen LogP contribution in [0.1, 0.15) is 30.1 Å². The molecule has 0 aromatic carbocycles. The van der Waals surface area contributed by atoms with E-state index in [1.54, 1.807) is 24.4 Å². The average molecular weight is 245 g/mol. The summed E-state index contributed by atoms with van der Waals surface area (Å²) in [6, 6.07) is 5.27. The number of carbonyl (C=O) groups is 1. The third-order valence-corrected chi connectivity index (χ3v) is 2.71. The average Bonchev–Trinajstić information content (AvgIpc) is 2.39. The predicted octanol–water partition coefficient (Wildman–Crippen LogP) is 1.72. The van der Waals surface area contributed by atoms with E-state index < -0.39 is 0 Å². The minimum absolute atomic E-state index is 0.0785. The second-order valence-electron chi connectivity index (χ2n) is 4.01. The highest BCUT2D eigenvalue weighted by Gasteiger charge is 2.10. The lowest BCUT2D eigenvalue weighted by atomic mass is 10.3. The van der Waals surface area contributed by atoms with Crippen molar-refractivity contribution < 1.29 is 4.79 Å². The van der Waals surface area contributed by atoms with Crippen molar-refractivity contribution in [2.75, 3.05) is 11.9 Å². The van der Waals surface area contributed by atoms with Crippen molar-refractivity contribution >= 4 is 17.8 Å². The molecule has 0 unspecified atom stereocenters. The van der Waals surface area contributed by atoms with Gasteiger partial charge in [-0.1, -0.05) is 19.4 Å². The Hall–Kier alpha value is -2.17. The molecule has 0 amide bonds. The van der Waals surface area contributed by atoms with E-state index in [0.717, 1.165) is 12.8 Å². The topological polar surface area (TPSA) is 63.5 Å². The highest BCUT2D eigenvalue weighted by atomic mass is 16.1. The number of hydrogen-bond acceptors (Lipinski definition) is 4. The van der Waals surface area contributed by atoms with Crippen LogP contribution in [0, 0.1) is 0 Å². The fraction of sp³-hybridized carbons (Fsp3) is 0.308. The summed E-state index contributed by atoms with van der Waals surface area (Å²) in [7, 11) is 0. The molecule has 0 aliphatic heterocycles. The maximum Gasteiger partial charge on any atom is 0.270 e. The van der Waals surface area contributed by atoms with Gasteiger partial charge in [0.1, 0.15) is 17.0 Å². The lowest BCUT2D eigenvalue weighted by molar-refractivity contribution is 0.112. The zero-order chi connectivity index (χ0) is 13.0. The fourth-order valence-corrected chi connectivity index (χ4v) is 1.73. The van der Waals surface area contributed by atoms with E-state index in [4.69, 9.17) is 0 Å². The molecule has 0 saturated carbocycles. The smallest absolute Gasteiger partial charge is 0.270 e. The zero-order valence-corrected chi connectivity index (χ0v) is 10.2. The van der Waals surface area contributed by atoms with Gasteiger partial charge in [0.05, 0.1) is 0 Å². The monoisotopic (exact) mass is 245 g/mol. The zero-order valence-electron chi connectivity index (χ0n) is 10.2. The Morgan fingerprint density at radius 1 is 1.44 bits per heavy atom. The number of hydrogen-bond donors (Lipinski definition) is 1. The van der Waals surface area contributed by atoms with Crippen LogP contribution in [-0.2, 0) is 0 Å². The Morgan fingerprint density at radius 3 is 3.00 bits per heavy atom. The Labute approximate surface area is 104 Å². The molecule has 2 aromatic heterocycles. The van der Waals surface area contributed by atoms with Gasteiger partial charge in [0.2, 0.25) is 0 Å². The summed E-state index contributed by atoms with van der Waals surface area (Å²) in [5.74, 6) is 0.370. The van der Waals surface area contributed by atoms with Gasteiger partial charge in [-0.2, -0.15) is 0 Å². The molecule has 0 aliphatic carbocycles. The van der Waals surface area contributed by atoms with Crippen LogP contribution in [0.2, 0.25) is 0 Å². The number of rotatable bonds is 5.